The largest absolute Gasteiger partial charge is 0.573 e. The van der Waals surface area contributed by atoms with Gasteiger partial charge in [-0.2, -0.15) is 0 Å². The van der Waals surface area contributed by atoms with E-state index in [4.69, 9.17) is 0 Å². The normalized spacial score (nSPS) is 11.2. The van der Waals surface area contributed by atoms with Crippen molar-refractivity contribution in [2.24, 2.45) is 0 Å². The van der Waals surface area contributed by atoms with Gasteiger partial charge in [0.1, 0.15) is 11.6 Å². The molecule has 0 aromatic heterocycles. The van der Waals surface area contributed by atoms with Gasteiger partial charge in [0.15, 0.2) is 0 Å². The third kappa shape index (κ3) is 4.70. The second kappa shape index (κ2) is 6.68. The smallest absolute Gasteiger partial charge is 0.405 e. The first-order chi connectivity index (χ1) is 10.8. The molecule has 2 rings (SSSR count). The molecule has 0 spiro atoms. The summed E-state index contributed by atoms with van der Waals surface area (Å²) < 4.78 is 54.1. The summed E-state index contributed by atoms with van der Waals surface area (Å²) in [5.41, 5.74) is 0.843. The Morgan fingerprint density at radius 1 is 1.17 bits per heavy atom. The number of aryl methyl sites for hydroxylation is 1. The summed E-state index contributed by atoms with van der Waals surface area (Å²) in [6.45, 7) is 1.45. The number of hydrogen-bond acceptors (Lipinski definition) is 2. The molecule has 0 aliphatic carbocycles. The molecule has 0 radical (unpaired) electrons. The zero-order chi connectivity index (χ0) is 17.0. The molecular formula is C16H13F4NO2. The Balaban J connectivity index is 2.12. The van der Waals surface area contributed by atoms with Gasteiger partial charge in [0.25, 0.3) is 5.91 Å². The number of carbonyl (C=O) groups is 1. The second-order valence-electron chi connectivity index (χ2n) is 4.80. The van der Waals surface area contributed by atoms with E-state index in [2.05, 4.69) is 10.1 Å². The highest BCUT2D eigenvalue weighted by Crippen LogP contribution is 2.26. The van der Waals surface area contributed by atoms with Gasteiger partial charge in [0.2, 0.25) is 0 Å². The molecule has 0 saturated carbocycles. The van der Waals surface area contributed by atoms with Crippen LogP contribution in [0.15, 0.2) is 42.5 Å². The van der Waals surface area contributed by atoms with Crippen molar-refractivity contribution in [3.05, 3.63) is 65.0 Å². The van der Waals surface area contributed by atoms with Gasteiger partial charge in [-0.3, -0.25) is 4.79 Å². The van der Waals surface area contributed by atoms with Crippen molar-refractivity contribution in [2.45, 2.75) is 19.8 Å². The number of ether oxygens (including phenoxy) is 1. The Bertz CT molecular complexity index is 713. The van der Waals surface area contributed by atoms with Crippen molar-refractivity contribution in [1.29, 1.82) is 0 Å². The Labute approximate surface area is 129 Å². The molecule has 1 N–H and O–H groups in total. The van der Waals surface area contributed by atoms with Gasteiger partial charge >= 0.3 is 6.36 Å². The molecule has 7 heteroatoms. The minimum absolute atomic E-state index is 0.124. The van der Waals surface area contributed by atoms with Crippen LogP contribution in [-0.4, -0.2) is 12.3 Å². The first-order valence-electron chi connectivity index (χ1n) is 6.64. The number of amides is 1. The number of halogens is 4. The lowest BCUT2D eigenvalue weighted by Crippen LogP contribution is -2.25. The quantitative estimate of drug-likeness (QED) is 0.863. The fourth-order valence-corrected chi connectivity index (χ4v) is 1.98. The third-order valence-electron chi connectivity index (χ3n) is 3.08. The van der Waals surface area contributed by atoms with E-state index in [0.29, 0.717) is 5.56 Å². The van der Waals surface area contributed by atoms with Gasteiger partial charge in [-0.15, -0.1) is 13.2 Å². The van der Waals surface area contributed by atoms with E-state index in [9.17, 15) is 22.4 Å². The summed E-state index contributed by atoms with van der Waals surface area (Å²) >= 11 is 0. The molecule has 0 aliphatic rings. The molecule has 0 unspecified atom stereocenters. The van der Waals surface area contributed by atoms with Crippen molar-refractivity contribution < 1.29 is 27.1 Å². The van der Waals surface area contributed by atoms with Crippen LogP contribution in [0.2, 0.25) is 0 Å². The lowest BCUT2D eigenvalue weighted by atomic mass is 10.1. The van der Waals surface area contributed by atoms with Crippen LogP contribution < -0.4 is 10.1 Å². The van der Waals surface area contributed by atoms with Crippen LogP contribution in [0.3, 0.4) is 0 Å². The lowest BCUT2D eigenvalue weighted by Gasteiger charge is -2.14. The second-order valence-corrected chi connectivity index (χ2v) is 4.80. The van der Waals surface area contributed by atoms with Gasteiger partial charge in [0, 0.05) is 17.7 Å². The average molecular weight is 327 g/mol. The molecule has 2 aromatic carbocycles. The van der Waals surface area contributed by atoms with Crippen LogP contribution in [0.25, 0.3) is 0 Å². The number of carbonyl (C=O) groups excluding carboxylic acids is 1. The van der Waals surface area contributed by atoms with E-state index in [1.165, 1.54) is 30.3 Å². The number of rotatable bonds is 4. The van der Waals surface area contributed by atoms with Crippen molar-refractivity contribution in [3.63, 3.8) is 0 Å². The molecule has 1 amide bonds. The molecule has 23 heavy (non-hydrogen) atoms. The van der Waals surface area contributed by atoms with E-state index in [1.54, 1.807) is 6.92 Å². The van der Waals surface area contributed by atoms with Gasteiger partial charge in [-0.1, -0.05) is 24.3 Å². The topological polar surface area (TPSA) is 38.3 Å². The molecule has 2 aromatic rings. The van der Waals surface area contributed by atoms with E-state index in [0.717, 1.165) is 12.1 Å². The van der Waals surface area contributed by atoms with E-state index < -0.39 is 23.8 Å². The molecule has 3 nitrogen and oxygen atoms in total. The van der Waals surface area contributed by atoms with Crippen molar-refractivity contribution >= 4 is 5.91 Å². The molecule has 122 valence electrons. The van der Waals surface area contributed by atoms with Crippen LogP contribution in [0.1, 0.15) is 21.5 Å². The van der Waals surface area contributed by atoms with Gasteiger partial charge in [-0.25, -0.2) is 4.39 Å². The molecular weight excluding hydrogens is 314 g/mol. The number of alkyl halides is 3. The molecule has 0 aliphatic heterocycles. The van der Waals surface area contributed by atoms with Crippen LogP contribution in [0.5, 0.6) is 5.75 Å². The highest BCUT2D eigenvalue weighted by atomic mass is 19.4. The summed E-state index contributed by atoms with van der Waals surface area (Å²) in [7, 11) is 0. The van der Waals surface area contributed by atoms with Crippen LogP contribution in [0.4, 0.5) is 17.6 Å². The van der Waals surface area contributed by atoms with Gasteiger partial charge < -0.3 is 10.1 Å². The van der Waals surface area contributed by atoms with Gasteiger partial charge in [-0.05, 0) is 30.7 Å². The van der Waals surface area contributed by atoms with Crippen molar-refractivity contribution in [2.75, 3.05) is 0 Å². The van der Waals surface area contributed by atoms with Crippen molar-refractivity contribution in [1.82, 2.24) is 5.32 Å². The highest BCUT2D eigenvalue weighted by Gasteiger charge is 2.32. The van der Waals surface area contributed by atoms with E-state index in [1.807, 2.05) is 0 Å². The van der Waals surface area contributed by atoms with Crippen LogP contribution >= 0.6 is 0 Å². The van der Waals surface area contributed by atoms with E-state index in [-0.39, 0.29) is 17.7 Å². The molecule has 0 fully saturated rings. The summed E-state index contributed by atoms with van der Waals surface area (Å²) in [5, 5.41) is 2.46. The monoisotopic (exact) mass is 327 g/mol. The third-order valence-corrected chi connectivity index (χ3v) is 3.08. The fourth-order valence-electron chi connectivity index (χ4n) is 1.98. The number of nitrogens with one attached hydrogen (secondary N) is 1. The summed E-state index contributed by atoms with van der Waals surface area (Å²) in [5.74, 6) is -1.54. The zero-order valence-electron chi connectivity index (χ0n) is 12.1. The van der Waals surface area contributed by atoms with E-state index >= 15 is 0 Å². The Morgan fingerprint density at radius 2 is 1.87 bits per heavy atom. The molecule has 0 heterocycles. The molecule has 0 atom stereocenters. The first-order valence-corrected chi connectivity index (χ1v) is 6.64. The predicted octanol–water partition coefficient (Wildman–Crippen LogP) is 3.96. The molecule has 0 bridgehead atoms. The number of benzene rings is 2. The predicted molar refractivity (Wildman–Crippen MR) is 75.4 cm³/mol. The maximum Gasteiger partial charge on any atom is 0.573 e. The Kier molecular flexibility index (Phi) is 4.88. The summed E-state index contributed by atoms with van der Waals surface area (Å²) in [6, 6.07) is 9.22. The van der Waals surface area contributed by atoms with Crippen LogP contribution in [-0.2, 0) is 6.54 Å². The maximum atomic E-state index is 13.2. The fraction of sp³-hybridized carbons (Fsp3) is 0.188. The maximum absolute atomic E-state index is 13.2. The Morgan fingerprint density at radius 3 is 2.57 bits per heavy atom. The highest BCUT2D eigenvalue weighted by molar-refractivity contribution is 5.95. The minimum atomic E-state index is -4.82. The first kappa shape index (κ1) is 16.8. The average Bonchev–Trinajstić information content (AvgIpc) is 2.47. The van der Waals surface area contributed by atoms with Crippen molar-refractivity contribution in [3.8, 4) is 5.75 Å². The number of para-hydroxylation sites is 1. The summed E-state index contributed by atoms with van der Waals surface area (Å²) in [6.07, 6.45) is -4.82. The number of hydrogen-bond donors (Lipinski definition) is 1. The molecule has 0 saturated heterocycles. The standard InChI is InChI=1S/C16H13F4NO2/c1-10-6-7-12(17)8-13(10)15(22)21-9-11-4-2-3-5-14(11)23-16(18,19)20/h2-8H,9H2,1H3,(H,21,22). The summed E-state index contributed by atoms with van der Waals surface area (Å²) in [4.78, 5) is 12.0. The zero-order valence-corrected chi connectivity index (χ0v) is 12.1. The Hall–Kier alpha value is -2.57. The van der Waals surface area contributed by atoms with Gasteiger partial charge in [0.05, 0.1) is 0 Å². The SMILES string of the molecule is Cc1ccc(F)cc1C(=O)NCc1ccccc1OC(F)(F)F. The van der Waals surface area contributed by atoms with Crippen LogP contribution in [0, 0.1) is 12.7 Å². The lowest BCUT2D eigenvalue weighted by molar-refractivity contribution is -0.274. The minimum Gasteiger partial charge on any atom is -0.405 e.